The smallest absolute Gasteiger partial charge is 0.337 e. The molecule has 1 aliphatic rings. The van der Waals surface area contributed by atoms with Crippen molar-refractivity contribution in [1.82, 2.24) is 4.31 Å². The van der Waals surface area contributed by atoms with Gasteiger partial charge < -0.3 is 15.2 Å². The van der Waals surface area contributed by atoms with Crippen molar-refractivity contribution in [2.75, 3.05) is 27.3 Å². The molecule has 7 nitrogen and oxygen atoms in total. The predicted octanol–water partition coefficient (Wildman–Crippen LogP) is 1.02. The summed E-state index contributed by atoms with van der Waals surface area (Å²) in [6.45, 7) is 0.716. The maximum absolute atomic E-state index is 12.8. The van der Waals surface area contributed by atoms with Crippen molar-refractivity contribution in [3.05, 3.63) is 23.8 Å². The van der Waals surface area contributed by atoms with Gasteiger partial charge in [-0.25, -0.2) is 13.2 Å². The molecular formula is C14H21ClN2O5S. The third-order valence-corrected chi connectivity index (χ3v) is 5.76. The van der Waals surface area contributed by atoms with Gasteiger partial charge in [-0.3, -0.25) is 0 Å². The largest absolute Gasteiger partial charge is 0.495 e. The van der Waals surface area contributed by atoms with Crippen LogP contribution in [0.4, 0.5) is 0 Å². The molecule has 0 radical (unpaired) electrons. The van der Waals surface area contributed by atoms with E-state index >= 15 is 0 Å². The maximum atomic E-state index is 12.8. The Hall–Kier alpha value is -1.35. The van der Waals surface area contributed by atoms with E-state index in [1.165, 1.54) is 36.7 Å². The Balaban J connectivity index is 0.00000264. The first-order valence-electron chi connectivity index (χ1n) is 6.94. The molecule has 1 atom stereocenters. The lowest BCUT2D eigenvalue weighted by atomic mass is 10.2. The Labute approximate surface area is 142 Å². The van der Waals surface area contributed by atoms with Gasteiger partial charge in [0, 0.05) is 19.1 Å². The highest BCUT2D eigenvalue weighted by atomic mass is 35.5. The fourth-order valence-electron chi connectivity index (χ4n) is 2.61. The van der Waals surface area contributed by atoms with Crippen molar-refractivity contribution in [3.63, 3.8) is 0 Å². The molecule has 1 fully saturated rings. The minimum absolute atomic E-state index is 0. The average molecular weight is 365 g/mol. The molecule has 0 bridgehead atoms. The summed E-state index contributed by atoms with van der Waals surface area (Å²) in [6.07, 6.45) is 1.53. The second-order valence-electron chi connectivity index (χ2n) is 5.00. The topological polar surface area (TPSA) is 98.9 Å². The highest BCUT2D eigenvalue weighted by molar-refractivity contribution is 7.89. The van der Waals surface area contributed by atoms with Crippen LogP contribution in [0.15, 0.2) is 23.1 Å². The molecule has 0 spiro atoms. The van der Waals surface area contributed by atoms with E-state index in [2.05, 4.69) is 4.74 Å². The lowest BCUT2D eigenvalue weighted by Crippen LogP contribution is -2.40. The van der Waals surface area contributed by atoms with E-state index in [0.717, 1.165) is 12.8 Å². The van der Waals surface area contributed by atoms with Crippen LogP contribution in [0.25, 0.3) is 0 Å². The lowest BCUT2D eigenvalue weighted by molar-refractivity contribution is 0.0600. The quantitative estimate of drug-likeness (QED) is 0.783. The second kappa shape index (κ2) is 7.96. The highest BCUT2D eigenvalue weighted by Crippen LogP contribution is 2.32. The third-order valence-electron chi connectivity index (χ3n) is 3.77. The van der Waals surface area contributed by atoms with Gasteiger partial charge in [-0.2, -0.15) is 4.31 Å². The summed E-state index contributed by atoms with van der Waals surface area (Å²) >= 11 is 0. The minimum atomic E-state index is -3.72. The predicted molar refractivity (Wildman–Crippen MR) is 87.5 cm³/mol. The monoisotopic (exact) mass is 364 g/mol. The molecule has 23 heavy (non-hydrogen) atoms. The van der Waals surface area contributed by atoms with Crippen LogP contribution in [-0.4, -0.2) is 52.0 Å². The van der Waals surface area contributed by atoms with Gasteiger partial charge in [-0.05, 0) is 31.0 Å². The Morgan fingerprint density at radius 1 is 1.39 bits per heavy atom. The molecule has 2 rings (SSSR count). The number of benzene rings is 1. The summed E-state index contributed by atoms with van der Waals surface area (Å²) in [5, 5.41) is 0. The van der Waals surface area contributed by atoms with Gasteiger partial charge in [0.15, 0.2) is 0 Å². The number of ether oxygens (including phenoxy) is 2. The van der Waals surface area contributed by atoms with Crippen LogP contribution >= 0.6 is 12.4 Å². The van der Waals surface area contributed by atoms with Gasteiger partial charge in [0.2, 0.25) is 10.0 Å². The normalized spacial score (nSPS) is 18.3. The van der Waals surface area contributed by atoms with E-state index in [9.17, 15) is 13.2 Å². The van der Waals surface area contributed by atoms with E-state index in [1.54, 1.807) is 0 Å². The molecule has 0 aliphatic carbocycles. The number of carbonyl (C=O) groups is 1. The van der Waals surface area contributed by atoms with Gasteiger partial charge in [0.1, 0.15) is 10.6 Å². The van der Waals surface area contributed by atoms with Crippen LogP contribution in [0.3, 0.4) is 0 Å². The van der Waals surface area contributed by atoms with E-state index < -0.39 is 16.0 Å². The third kappa shape index (κ3) is 3.77. The first-order chi connectivity index (χ1) is 10.5. The summed E-state index contributed by atoms with van der Waals surface area (Å²) in [5.41, 5.74) is 5.88. The number of carbonyl (C=O) groups excluding carboxylic acids is 1. The number of methoxy groups -OCH3 is 2. The molecule has 1 aliphatic heterocycles. The molecule has 0 saturated carbocycles. The first-order valence-corrected chi connectivity index (χ1v) is 8.38. The van der Waals surface area contributed by atoms with E-state index in [1.807, 2.05) is 0 Å². The molecule has 1 aromatic carbocycles. The van der Waals surface area contributed by atoms with Gasteiger partial charge in [0.05, 0.1) is 19.8 Å². The Bertz CT molecular complexity index is 665. The van der Waals surface area contributed by atoms with E-state index in [4.69, 9.17) is 10.5 Å². The zero-order chi connectivity index (χ0) is 16.3. The van der Waals surface area contributed by atoms with Crippen LogP contribution < -0.4 is 10.5 Å². The number of halogens is 1. The van der Waals surface area contributed by atoms with E-state index in [-0.39, 0.29) is 41.2 Å². The van der Waals surface area contributed by atoms with Crippen LogP contribution in [0.1, 0.15) is 23.2 Å². The molecule has 2 N–H and O–H groups in total. The zero-order valence-electron chi connectivity index (χ0n) is 13.0. The maximum Gasteiger partial charge on any atom is 0.337 e. The summed E-state index contributed by atoms with van der Waals surface area (Å²) in [4.78, 5) is 11.6. The second-order valence-corrected chi connectivity index (χ2v) is 6.86. The summed E-state index contributed by atoms with van der Waals surface area (Å²) < 4.78 is 36.8. The lowest BCUT2D eigenvalue weighted by Gasteiger charge is -2.23. The number of esters is 1. The molecule has 0 aromatic heterocycles. The standard InChI is InChI=1S/C14H20N2O5S.ClH/c1-20-12-8-10(14(17)21-2)5-6-13(12)22(18,19)16-7-3-4-11(16)9-15;/h5-6,8,11H,3-4,7,9,15H2,1-2H3;1H. The van der Waals surface area contributed by atoms with Crippen LogP contribution in [0, 0.1) is 0 Å². The number of sulfonamides is 1. The van der Waals surface area contributed by atoms with Crippen molar-refractivity contribution in [3.8, 4) is 5.75 Å². The average Bonchev–Trinajstić information content (AvgIpc) is 3.02. The fourth-order valence-corrected chi connectivity index (χ4v) is 4.46. The number of hydrogen-bond acceptors (Lipinski definition) is 6. The van der Waals surface area contributed by atoms with Crippen LogP contribution in [0.2, 0.25) is 0 Å². The molecular weight excluding hydrogens is 344 g/mol. The van der Waals surface area contributed by atoms with Crippen molar-refractivity contribution in [2.24, 2.45) is 5.73 Å². The molecule has 9 heteroatoms. The molecule has 130 valence electrons. The van der Waals surface area contributed by atoms with Crippen molar-refractivity contribution >= 4 is 28.4 Å². The number of hydrogen-bond donors (Lipinski definition) is 1. The number of nitrogens with zero attached hydrogens (tertiary/aromatic N) is 1. The molecule has 1 heterocycles. The summed E-state index contributed by atoms with van der Waals surface area (Å²) in [6, 6.07) is 3.95. The van der Waals surface area contributed by atoms with Crippen molar-refractivity contribution in [1.29, 1.82) is 0 Å². The summed E-state index contributed by atoms with van der Waals surface area (Å²) in [7, 11) is -1.10. The molecule has 0 amide bonds. The van der Waals surface area contributed by atoms with Gasteiger partial charge >= 0.3 is 5.97 Å². The van der Waals surface area contributed by atoms with Crippen molar-refractivity contribution < 1.29 is 22.7 Å². The Morgan fingerprint density at radius 3 is 2.65 bits per heavy atom. The Kier molecular flexibility index (Phi) is 6.82. The number of nitrogens with two attached hydrogens (primary N) is 1. The van der Waals surface area contributed by atoms with E-state index in [0.29, 0.717) is 6.54 Å². The zero-order valence-corrected chi connectivity index (χ0v) is 14.7. The van der Waals surface area contributed by atoms with Crippen LogP contribution in [-0.2, 0) is 14.8 Å². The summed E-state index contributed by atoms with van der Waals surface area (Å²) in [5.74, 6) is -0.436. The van der Waals surface area contributed by atoms with Gasteiger partial charge in [0.25, 0.3) is 0 Å². The highest BCUT2D eigenvalue weighted by Gasteiger charge is 2.36. The van der Waals surface area contributed by atoms with Gasteiger partial charge in [-0.15, -0.1) is 12.4 Å². The minimum Gasteiger partial charge on any atom is -0.495 e. The molecule has 1 saturated heterocycles. The first kappa shape index (κ1) is 19.7. The SMILES string of the molecule is COC(=O)c1ccc(S(=O)(=O)N2CCCC2CN)c(OC)c1.Cl. The molecule has 1 aromatic rings. The fraction of sp³-hybridized carbons (Fsp3) is 0.500. The Morgan fingerprint density at radius 2 is 2.09 bits per heavy atom. The van der Waals surface area contributed by atoms with Crippen LogP contribution in [0.5, 0.6) is 5.75 Å². The van der Waals surface area contributed by atoms with Gasteiger partial charge in [-0.1, -0.05) is 0 Å². The molecule has 1 unspecified atom stereocenters. The van der Waals surface area contributed by atoms with Crippen molar-refractivity contribution in [2.45, 2.75) is 23.8 Å². The number of rotatable bonds is 5.